The summed E-state index contributed by atoms with van der Waals surface area (Å²) < 4.78 is 6.16. The van der Waals surface area contributed by atoms with Gasteiger partial charge in [0, 0.05) is 33.2 Å². The van der Waals surface area contributed by atoms with Crippen LogP contribution in [0.2, 0.25) is 0 Å². The summed E-state index contributed by atoms with van der Waals surface area (Å²) in [6, 6.07) is 63.8. The lowest BCUT2D eigenvalue weighted by Gasteiger charge is -2.28. The van der Waals surface area contributed by atoms with Gasteiger partial charge in [-0.3, -0.25) is 0 Å². The van der Waals surface area contributed by atoms with Crippen LogP contribution in [0.4, 0.5) is 17.1 Å². The Labute approximate surface area is 297 Å². The molecule has 0 aliphatic heterocycles. The summed E-state index contributed by atoms with van der Waals surface area (Å²) >= 11 is 0. The molecular formula is C49H35NO. The van der Waals surface area contributed by atoms with Gasteiger partial charge in [-0.15, -0.1) is 0 Å². The maximum absolute atomic E-state index is 6.16. The Morgan fingerprint density at radius 1 is 0.392 bits per heavy atom. The SMILES string of the molecule is CC1(C)c2ccccc2-c2cc(N(c3ccc(-c4ccc5cc6oc7ccccc7c6cc5c4)cc3)c3cccc(-c4ccccc4)c3)ccc21. The highest BCUT2D eigenvalue weighted by atomic mass is 16.3. The van der Waals surface area contributed by atoms with Gasteiger partial charge in [0.25, 0.3) is 0 Å². The van der Waals surface area contributed by atoms with Crippen molar-refractivity contribution in [3.63, 3.8) is 0 Å². The summed E-state index contributed by atoms with van der Waals surface area (Å²) in [4.78, 5) is 2.39. The van der Waals surface area contributed by atoms with E-state index in [-0.39, 0.29) is 5.41 Å². The topological polar surface area (TPSA) is 16.4 Å². The van der Waals surface area contributed by atoms with E-state index < -0.39 is 0 Å². The van der Waals surface area contributed by atoms with Crippen molar-refractivity contribution in [3.05, 3.63) is 187 Å². The van der Waals surface area contributed by atoms with Gasteiger partial charge in [-0.25, -0.2) is 0 Å². The van der Waals surface area contributed by atoms with Crippen LogP contribution in [0.25, 0.3) is 66.1 Å². The average Bonchev–Trinajstić information content (AvgIpc) is 3.65. The van der Waals surface area contributed by atoms with Crippen LogP contribution in [0.1, 0.15) is 25.0 Å². The number of rotatable bonds is 5. The van der Waals surface area contributed by atoms with Crippen LogP contribution in [-0.4, -0.2) is 0 Å². The van der Waals surface area contributed by atoms with Crippen molar-refractivity contribution in [2.45, 2.75) is 19.3 Å². The first-order chi connectivity index (χ1) is 25.0. The quantitative estimate of drug-likeness (QED) is 0.184. The second-order valence-electron chi connectivity index (χ2n) is 14.2. The zero-order chi connectivity index (χ0) is 34.1. The Morgan fingerprint density at radius 2 is 1.06 bits per heavy atom. The minimum Gasteiger partial charge on any atom is -0.456 e. The molecule has 0 spiro atoms. The van der Waals surface area contributed by atoms with E-state index in [2.05, 4.69) is 183 Å². The molecule has 1 aliphatic rings. The smallest absolute Gasteiger partial charge is 0.136 e. The van der Waals surface area contributed by atoms with Gasteiger partial charge < -0.3 is 9.32 Å². The van der Waals surface area contributed by atoms with Crippen molar-refractivity contribution in [3.8, 4) is 33.4 Å². The van der Waals surface area contributed by atoms with Crippen LogP contribution in [0, 0.1) is 0 Å². The molecule has 51 heavy (non-hydrogen) atoms. The number of fused-ring (bicyclic) bond motifs is 7. The van der Waals surface area contributed by atoms with E-state index in [9.17, 15) is 0 Å². The number of para-hydroxylation sites is 1. The zero-order valence-electron chi connectivity index (χ0n) is 28.6. The third kappa shape index (κ3) is 4.79. The van der Waals surface area contributed by atoms with Gasteiger partial charge in [0.05, 0.1) is 0 Å². The van der Waals surface area contributed by atoms with Crippen molar-refractivity contribution < 1.29 is 4.42 Å². The highest BCUT2D eigenvalue weighted by Crippen LogP contribution is 2.50. The van der Waals surface area contributed by atoms with E-state index in [1.165, 1.54) is 55.3 Å². The number of anilines is 3. The fraction of sp³-hybridized carbons (Fsp3) is 0.0612. The largest absolute Gasteiger partial charge is 0.456 e. The predicted octanol–water partition coefficient (Wildman–Crippen LogP) is 13.8. The van der Waals surface area contributed by atoms with E-state index >= 15 is 0 Å². The normalized spacial score (nSPS) is 13.1. The highest BCUT2D eigenvalue weighted by molar-refractivity contribution is 6.10. The lowest BCUT2D eigenvalue weighted by atomic mass is 9.82. The molecule has 1 heterocycles. The minimum absolute atomic E-state index is 0.0412. The molecule has 242 valence electrons. The van der Waals surface area contributed by atoms with E-state index in [0.717, 1.165) is 39.0 Å². The molecule has 0 saturated carbocycles. The first kappa shape index (κ1) is 29.5. The lowest BCUT2D eigenvalue weighted by Crippen LogP contribution is -2.15. The standard InChI is InChI=1S/C49H35NO/c1-49(2)45-17-8-6-15-41(45)43-31-40(25-26-46(43)49)50(39-14-10-13-34(28-39)32-11-4-3-5-12-32)38-23-21-33(22-24-38)35-19-20-36-30-48-44(29-37(36)27-35)42-16-7-9-18-47(42)51-48/h3-31H,1-2H3. The summed E-state index contributed by atoms with van der Waals surface area (Å²) in [6.45, 7) is 4.67. The Hall–Kier alpha value is -6.38. The summed E-state index contributed by atoms with van der Waals surface area (Å²) in [6.07, 6.45) is 0. The lowest BCUT2D eigenvalue weighted by molar-refractivity contribution is 0.660. The van der Waals surface area contributed by atoms with Crippen molar-refractivity contribution >= 4 is 49.8 Å². The third-order valence-electron chi connectivity index (χ3n) is 10.8. The number of benzene rings is 8. The fourth-order valence-corrected chi connectivity index (χ4v) is 8.20. The van der Waals surface area contributed by atoms with E-state index in [4.69, 9.17) is 4.42 Å². The molecule has 1 aromatic heterocycles. The number of hydrogen-bond acceptors (Lipinski definition) is 2. The molecule has 0 unspecified atom stereocenters. The van der Waals surface area contributed by atoms with E-state index in [0.29, 0.717) is 0 Å². The highest BCUT2D eigenvalue weighted by Gasteiger charge is 2.35. The van der Waals surface area contributed by atoms with Gasteiger partial charge in [0.15, 0.2) is 0 Å². The third-order valence-corrected chi connectivity index (χ3v) is 10.8. The molecule has 0 fully saturated rings. The Morgan fingerprint density at radius 3 is 1.94 bits per heavy atom. The first-order valence-corrected chi connectivity index (χ1v) is 17.7. The van der Waals surface area contributed by atoms with Gasteiger partial charge in [-0.1, -0.05) is 129 Å². The average molecular weight is 654 g/mol. The predicted molar refractivity (Wildman–Crippen MR) is 214 cm³/mol. The van der Waals surface area contributed by atoms with Crippen LogP contribution in [0.5, 0.6) is 0 Å². The molecule has 9 aromatic rings. The van der Waals surface area contributed by atoms with Gasteiger partial charge in [-0.2, -0.15) is 0 Å². The molecule has 0 amide bonds. The van der Waals surface area contributed by atoms with Gasteiger partial charge in [0.2, 0.25) is 0 Å². The molecule has 0 N–H and O–H groups in total. The molecule has 8 aromatic carbocycles. The summed E-state index contributed by atoms with van der Waals surface area (Å²) in [5.74, 6) is 0. The van der Waals surface area contributed by atoms with E-state index in [1.54, 1.807) is 0 Å². The number of furan rings is 1. The Balaban J connectivity index is 1.08. The molecule has 2 nitrogen and oxygen atoms in total. The van der Waals surface area contributed by atoms with Gasteiger partial charge in [-0.05, 0) is 116 Å². The molecule has 0 atom stereocenters. The molecular weight excluding hydrogens is 619 g/mol. The summed E-state index contributed by atoms with van der Waals surface area (Å²) in [7, 11) is 0. The molecule has 0 saturated heterocycles. The molecule has 0 bridgehead atoms. The summed E-state index contributed by atoms with van der Waals surface area (Å²) in [5.41, 5.74) is 15.3. The van der Waals surface area contributed by atoms with Crippen LogP contribution in [-0.2, 0) is 5.41 Å². The number of nitrogens with zero attached hydrogens (tertiary/aromatic N) is 1. The fourth-order valence-electron chi connectivity index (χ4n) is 8.20. The van der Waals surface area contributed by atoms with Gasteiger partial charge >= 0.3 is 0 Å². The molecule has 2 heteroatoms. The second kappa shape index (κ2) is 11.3. The monoisotopic (exact) mass is 653 g/mol. The maximum atomic E-state index is 6.16. The van der Waals surface area contributed by atoms with Crippen LogP contribution >= 0.6 is 0 Å². The Kier molecular flexibility index (Phi) is 6.56. The van der Waals surface area contributed by atoms with Crippen LogP contribution in [0.15, 0.2) is 180 Å². The number of hydrogen-bond donors (Lipinski definition) is 0. The zero-order valence-corrected chi connectivity index (χ0v) is 28.6. The minimum atomic E-state index is -0.0412. The summed E-state index contributed by atoms with van der Waals surface area (Å²) in [5, 5.41) is 4.68. The van der Waals surface area contributed by atoms with Crippen LogP contribution < -0.4 is 4.90 Å². The van der Waals surface area contributed by atoms with Crippen molar-refractivity contribution in [1.82, 2.24) is 0 Å². The van der Waals surface area contributed by atoms with E-state index in [1.807, 2.05) is 12.1 Å². The van der Waals surface area contributed by atoms with Gasteiger partial charge in [0.1, 0.15) is 11.2 Å². The second-order valence-corrected chi connectivity index (χ2v) is 14.2. The maximum Gasteiger partial charge on any atom is 0.136 e. The first-order valence-electron chi connectivity index (χ1n) is 17.7. The van der Waals surface area contributed by atoms with Crippen molar-refractivity contribution in [2.24, 2.45) is 0 Å². The molecule has 10 rings (SSSR count). The van der Waals surface area contributed by atoms with Crippen molar-refractivity contribution in [1.29, 1.82) is 0 Å². The van der Waals surface area contributed by atoms with Crippen molar-refractivity contribution in [2.75, 3.05) is 4.90 Å². The Bertz CT molecular complexity index is 2770. The molecule has 0 radical (unpaired) electrons. The van der Waals surface area contributed by atoms with Crippen LogP contribution in [0.3, 0.4) is 0 Å². The molecule has 1 aliphatic carbocycles.